The van der Waals surface area contributed by atoms with Gasteiger partial charge < -0.3 is 5.32 Å². The lowest BCUT2D eigenvalue weighted by Crippen LogP contribution is -2.63. The topological polar surface area (TPSA) is 52.9 Å². The van der Waals surface area contributed by atoms with E-state index >= 15 is 0 Å². The van der Waals surface area contributed by atoms with E-state index in [0.717, 1.165) is 25.3 Å². The molecule has 0 bridgehead atoms. The van der Waals surface area contributed by atoms with Gasteiger partial charge in [0.1, 0.15) is 11.7 Å². The third kappa shape index (κ3) is 3.61. The van der Waals surface area contributed by atoms with E-state index in [2.05, 4.69) is 5.32 Å². The molecule has 1 aliphatic rings. The van der Waals surface area contributed by atoms with Gasteiger partial charge in [0.25, 0.3) is 5.91 Å². The Kier molecular flexibility index (Phi) is 5.77. The molecule has 1 amide bonds. The van der Waals surface area contributed by atoms with Gasteiger partial charge in [-0.3, -0.25) is 9.28 Å². The van der Waals surface area contributed by atoms with E-state index in [-0.39, 0.29) is 16.4 Å². The number of halogens is 3. The molecule has 1 aliphatic carbocycles. The van der Waals surface area contributed by atoms with Gasteiger partial charge in [-0.1, -0.05) is 6.08 Å². The fraction of sp³-hybridized carbons (Fsp3) is 0.474. The number of nitrogens with zero attached hydrogens (tertiary/aromatic N) is 2. The van der Waals surface area contributed by atoms with Crippen molar-refractivity contribution >= 4 is 11.6 Å². The number of carbonyl (C=O) groups excluding carboxylic acids is 1. The lowest BCUT2D eigenvalue weighted by atomic mass is 9.94. The van der Waals surface area contributed by atoms with Crippen LogP contribution in [0.15, 0.2) is 30.4 Å². The second-order valence-corrected chi connectivity index (χ2v) is 6.70. The molecular formula is C19H23F3N3O+. The average Bonchev–Trinajstić information content (AvgIpc) is 2.65. The molecule has 0 saturated carbocycles. The number of hydrogen-bond acceptors (Lipinski definition) is 2. The van der Waals surface area contributed by atoms with Crippen molar-refractivity contribution in [1.82, 2.24) is 9.80 Å². The number of alkyl halides is 3. The molecule has 0 spiro atoms. The molecular weight excluding hydrogens is 343 g/mol. The first kappa shape index (κ1) is 20.0. The molecule has 1 N–H and O–H groups in total. The highest BCUT2D eigenvalue weighted by atomic mass is 19.4. The van der Waals surface area contributed by atoms with E-state index in [9.17, 15) is 18.0 Å². The summed E-state index contributed by atoms with van der Waals surface area (Å²) in [5.74, 6) is -0.246. The van der Waals surface area contributed by atoms with Crippen molar-refractivity contribution in [2.75, 3.05) is 14.1 Å². The van der Waals surface area contributed by atoms with Gasteiger partial charge in [0, 0.05) is 25.6 Å². The number of carbonyl (C=O) groups is 1. The van der Waals surface area contributed by atoms with Gasteiger partial charge in [-0.2, -0.15) is 18.4 Å². The van der Waals surface area contributed by atoms with Crippen LogP contribution < -0.4 is 9.80 Å². The summed E-state index contributed by atoms with van der Waals surface area (Å²) in [5.41, 5.74) is -1.02. The molecule has 7 heteroatoms. The first-order valence-electron chi connectivity index (χ1n) is 8.52. The van der Waals surface area contributed by atoms with E-state index in [1.807, 2.05) is 12.2 Å². The van der Waals surface area contributed by atoms with E-state index in [4.69, 9.17) is 5.26 Å². The predicted molar refractivity (Wildman–Crippen MR) is 94.2 cm³/mol. The lowest BCUT2D eigenvalue weighted by Gasteiger charge is -2.44. The van der Waals surface area contributed by atoms with Gasteiger partial charge in [-0.05, 0) is 31.9 Å². The van der Waals surface area contributed by atoms with Crippen LogP contribution in [-0.4, -0.2) is 32.1 Å². The Hall–Kier alpha value is -2.33. The van der Waals surface area contributed by atoms with E-state index in [0.29, 0.717) is 5.69 Å². The van der Waals surface area contributed by atoms with Crippen molar-refractivity contribution in [3.05, 3.63) is 41.5 Å². The molecule has 0 aliphatic heterocycles. The summed E-state index contributed by atoms with van der Waals surface area (Å²) in [4.78, 5) is 12.4. The molecule has 0 fully saturated rings. The highest BCUT2D eigenvalue weighted by molar-refractivity contribution is 5.83. The molecule has 0 radical (unpaired) electrons. The minimum Gasteiger partial charge on any atom is -0.354 e. The number of nitrogens with one attached hydrogen (secondary N) is 1. The van der Waals surface area contributed by atoms with Crippen LogP contribution in [-0.2, 0) is 11.0 Å². The monoisotopic (exact) mass is 366 g/mol. The zero-order chi connectivity index (χ0) is 19.5. The normalized spacial score (nSPS) is 20.7. The maximum absolute atomic E-state index is 13.4. The van der Waals surface area contributed by atoms with Gasteiger partial charge in [-0.15, -0.1) is 0 Å². The van der Waals surface area contributed by atoms with Crippen LogP contribution in [0.3, 0.4) is 0 Å². The number of nitriles is 1. The summed E-state index contributed by atoms with van der Waals surface area (Å²) >= 11 is 0. The summed E-state index contributed by atoms with van der Waals surface area (Å²) in [5, 5.41) is 11.6. The smallest absolute Gasteiger partial charge is 0.354 e. The molecule has 2 rings (SSSR count). The van der Waals surface area contributed by atoms with Gasteiger partial charge in [0.15, 0.2) is 6.04 Å². The minimum atomic E-state index is -4.63. The minimum absolute atomic E-state index is 0.0188. The third-order valence-electron chi connectivity index (χ3n) is 5.33. The molecule has 0 heterocycles. The average molecular weight is 366 g/mol. The number of likely N-dealkylation sites (N-methyl/N-ethyl adjacent to an activating group) is 2. The Morgan fingerprint density at radius 3 is 2.62 bits per heavy atom. The molecule has 140 valence electrons. The van der Waals surface area contributed by atoms with Gasteiger partial charge >= 0.3 is 6.18 Å². The number of benzene rings is 1. The molecule has 2 unspecified atom stereocenters. The number of allylic oxidation sites excluding steroid dienone is 1. The van der Waals surface area contributed by atoms with Gasteiger partial charge in [0.2, 0.25) is 0 Å². The summed E-state index contributed by atoms with van der Waals surface area (Å²) < 4.78 is 40.3. The Bertz CT molecular complexity index is 751. The zero-order valence-corrected chi connectivity index (χ0v) is 15.1. The van der Waals surface area contributed by atoms with Crippen LogP contribution >= 0.6 is 0 Å². The van der Waals surface area contributed by atoms with Crippen molar-refractivity contribution in [1.29, 1.82) is 5.26 Å². The van der Waals surface area contributed by atoms with Crippen molar-refractivity contribution in [3.63, 3.8) is 0 Å². The second kappa shape index (κ2) is 7.50. The molecule has 1 aromatic carbocycles. The van der Waals surface area contributed by atoms with Gasteiger partial charge in [-0.25, -0.2) is 0 Å². The summed E-state index contributed by atoms with van der Waals surface area (Å²) in [7, 11) is 3.29. The van der Waals surface area contributed by atoms with E-state index in [1.54, 1.807) is 20.0 Å². The molecule has 4 nitrogen and oxygen atoms in total. The highest BCUT2D eigenvalue weighted by Gasteiger charge is 2.44. The van der Waals surface area contributed by atoms with Crippen LogP contribution in [0.25, 0.3) is 0 Å². The van der Waals surface area contributed by atoms with E-state index < -0.39 is 23.3 Å². The summed E-state index contributed by atoms with van der Waals surface area (Å²) in [6.45, 7) is 1.72. The van der Waals surface area contributed by atoms with Crippen LogP contribution in [0, 0.1) is 11.3 Å². The zero-order valence-electron chi connectivity index (χ0n) is 15.1. The highest BCUT2D eigenvalue weighted by Crippen LogP contribution is 2.39. The summed E-state index contributed by atoms with van der Waals surface area (Å²) in [6.07, 6.45) is 1.97. The Morgan fingerprint density at radius 1 is 1.42 bits per heavy atom. The molecule has 1 aromatic rings. The maximum Gasteiger partial charge on any atom is 0.417 e. The summed E-state index contributed by atoms with van der Waals surface area (Å²) in [6, 6.07) is 4.62. The molecule has 26 heavy (non-hydrogen) atoms. The first-order chi connectivity index (χ1) is 12.2. The van der Waals surface area contributed by atoms with Gasteiger partial charge in [0.05, 0.1) is 24.2 Å². The Morgan fingerprint density at radius 2 is 2.12 bits per heavy atom. The standard InChI is InChI=1S/C19H22F3N3O/c1-13(18(26)24-2)25(3,15-7-5-4-6-8-15)16-10-9-14(12-23)17(11-16)19(20,21)22/h5,7,9-11,13,15H,4,6,8H2,1-3H3/p+1/t13-,15?,25?/m0/s1. The fourth-order valence-electron chi connectivity index (χ4n) is 3.56. The third-order valence-corrected chi connectivity index (χ3v) is 5.33. The second-order valence-electron chi connectivity index (χ2n) is 6.70. The van der Waals surface area contributed by atoms with Crippen LogP contribution in [0.1, 0.15) is 37.3 Å². The Balaban J connectivity index is 2.66. The van der Waals surface area contributed by atoms with Crippen LogP contribution in [0.5, 0.6) is 0 Å². The van der Waals surface area contributed by atoms with Crippen LogP contribution in [0.4, 0.5) is 18.9 Å². The first-order valence-corrected chi connectivity index (χ1v) is 8.52. The van der Waals surface area contributed by atoms with Crippen molar-refractivity contribution < 1.29 is 18.0 Å². The lowest BCUT2D eigenvalue weighted by molar-refractivity contribution is -0.137. The Labute approximate surface area is 151 Å². The SMILES string of the molecule is CNC(=O)[C@H](C)[N+](C)(c1ccc(C#N)c(C(F)(F)F)c1)C1C=CCCC1. The van der Waals surface area contributed by atoms with Crippen LogP contribution in [0.2, 0.25) is 0 Å². The quantitative estimate of drug-likeness (QED) is 0.652. The van der Waals surface area contributed by atoms with Crippen molar-refractivity contribution in [2.24, 2.45) is 0 Å². The van der Waals surface area contributed by atoms with Crippen molar-refractivity contribution in [2.45, 2.75) is 44.4 Å². The molecule has 0 aromatic heterocycles. The van der Waals surface area contributed by atoms with Crippen molar-refractivity contribution in [3.8, 4) is 6.07 Å². The molecule has 0 saturated heterocycles. The fourth-order valence-corrected chi connectivity index (χ4v) is 3.56. The predicted octanol–water partition coefficient (Wildman–Crippen LogP) is 3.76. The largest absolute Gasteiger partial charge is 0.417 e. The maximum atomic E-state index is 13.4. The number of rotatable bonds is 4. The molecule has 3 atom stereocenters. The number of hydrogen-bond donors (Lipinski definition) is 1. The number of amides is 1. The van der Waals surface area contributed by atoms with E-state index in [1.165, 1.54) is 19.2 Å². The number of quaternary nitrogens is 1.